The Kier molecular flexibility index (Phi) is 8.63. The first kappa shape index (κ1) is 31.9. The van der Waals surface area contributed by atoms with Crippen LogP contribution in [0.4, 0.5) is 32.2 Å². The molecule has 240 valence electrons. The summed E-state index contributed by atoms with van der Waals surface area (Å²) in [4.78, 5) is 21.6. The first-order valence-corrected chi connectivity index (χ1v) is 13.3. The van der Waals surface area contributed by atoms with Crippen LogP contribution in [0, 0.1) is 0 Å². The van der Waals surface area contributed by atoms with E-state index in [9.17, 15) is 31.1 Å². The summed E-state index contributed by atoms with van der Waals surface area (Å²) < 4.78 is 103. The van der Waals surface area contributed by atoms with Crippen LogP contribution >= 0.6 is 0 Å². The summed E-state index contributed by atoms with van der Waals surface area (Å²) in [6, 6.07) is 9.04. The largest absolute Gasteiger partial charge is 0.493 e. The molecular formula is C30H23F6N5O5. The number of halogens is 6. The molecule has 2 aromatic carbocycles. The van der Waals surface area contributed by atoms with Gasteiger partial charge in [-0.15, -0.1) is 0 Å². The lowest BCUT2D eigenvalue weighted by molar-refractivity contribution is -0.143. The maximum atomic E-state index is 13.8. The van der Waals surface area contributed by atoms with Crippen LogP contribution in [0.25, 0.3) is 16.6 Å². The highest BCUT2D eigenvalue weighted by atomic mass is 19.4. The highest BCUT2D eigenvalue weighted by molar-refractivity contribution is 6.04. The molecule has 0 aliphatic rings. The van der Waals surface area contributed by atoms with Gasteiger partial charge in [0.25, 0.3) is 5.91 Å². The van der Waals surface area contributed by atoms with E-state index in [2.05, 4.69) is 20.4 Å². The van der Waals surface area contributed by atoms with E-state index in [1.165, 1.54) is 32.5 Å². The Morgan fingerprint density at radius 3 is 2.24 bits per heavy atom. The molecule has 10 nitrogen and oxygen atoms in total. The molecule has 0 atom stereocenters. The van der Waals surface area contributed by atoms with Crippen molar-refractivity contribution in [3.05, 3.63) is 83.9 Å². The van der Waals surface area contributed by atoms with E-state index in [4.69, 9.17) is 18.9 Å². The Hall–Kier alpha value is -5.54. The number of amides is 1. The third kappa shape index (κ3) is 6.60. The molecule has 3 aromatic heterocycles. The smallest absolute Gasteiger partial charge is 0.418 e. The number of carbonyl (C=O) groups excluding carboxylic acids is 1. The average molecular weight is 648 g/mol. The van der Waals surface area contributed by atoms with Gasteiger partial charge in [0.1, 0.15) is 17.3 Å². The van der Waals surface area contributed by atoms with Gasteiger partial charge in [-0.1, -0.05) is 0 Å². The first-order chi connectivity index (χ1) is 21.8. The van der Waals surface area contributed by atoms with E-state index in [1.807, 2.05) is 0 Å². The van der Waals surface area contributed by atoms with Crippen LogP contribution in [0.5, 0.6) is 28.7 Å². The monoisotopic (exact) mass is 647 g/mol. The molecule has 0 bridgehead atoms. The molecule has 46 heavy (non-hydrogen) atoms. The van der Waals surface area contributed by atoms with Gasteiger partial charge in [0.05, 0.1) is 55.6 Å². The Morgan fingerprint density at radius 1 is 0.870 bits per heavy atom. The van der Waals surface area contributed by atoms with Crippen molar-refractivity contribution in [3.8, 4) is 34.4 Å². The second-order valence-corrected chi connectivity index (χ2v) is 9.42. The second-order valence-electron chi connectivity index (χ2n) is 9.42. The number of rotatable bonds is 9. The predicted octanol–water partition coefficient (Wildman–Crippen LogP) is 7.31. The van der Waals surface area contributed by atoms with Gasteiger partial charge in [-0.25, -0.2) is 9.67 Å². The third-order valence-corrected chi connectivity index (χ3v) is 6.48. The van der Waals surface area contributed by atoms with Crippen LogP contribution in [0.2, 0.25) is 0 Å². The quantitative estimate of drug-likeness (QED) is 0.166. The molecule has 5 rings (SSSR count). The summed E-state index contributed by atoms with van der Waals surface area (Å²) in [7, 11) is 3.00. The standard InChI is InChI=1S/C30H23F6N5O5/c1-4-45-25-15-41(21-7-5-16(29(31,32)33)11-19(21)30(34,35)36)40-27(25)28(42)39-26-8-6-17(14-38-26)46-22-9-10-37-20-13-24(44-3)23(43-2)12-18(20)22/h5-15H,4H2,1-3H3,(H,38,39,42). The number of hydrogen-bond acceptors (Lipinski definition) is 8. The highest BCUT2D eigenvalue weighted by Crippen LogP contribution is 2.40. The minimum atomic E-state index is -5.16. The fourth-order valence-corrected chi connectivity index (χ4v) is 4.39. The van der Waals surface area contributed by atoms with Gasteiger partial charge < -0.3 is 24.3 Å². The number of pyridine rings is 2. The summed E-state index contributed by atoms with van der Waals surface area (Å²) >= 11 is 0. The van der Waals surface area contributed by atoms with Crippen LogP contribution in [0.3, 0.4) is 0 Å². The predicted molar refractivity (Wildman–Crippen MR) is 152 cm³/mol. The molecule has 5 aromatic rings. The van der Waals surface area contributed by atoms with E-state index in [0.29, 0.717) is 50.7 Å². The van der Waals surface area contributed by atoms with Crippen molar-refractivity contribution in [3.63, 3.8) is 0 Å². The molecule has 0 aliphatic heterocycles. The Morgan fingerprint density at radius 2 is 1.61 bits per heavy atom. The summed E-state index contributed by atoms with van der Waals surface area (Å²) in [6.45, 7) is 1.58. The number of methoxy groups -OCH3 is 2. The van der Waals surface area contributed by atoms with Crippen molar-refractivity contribution in [1.82, 2.24) is 19.7 Å². The molecule has 0 fully saturated rings. The lowest BCUT2D eigenvalue weighted by Gasteiger charge is -2.15. The number of alkyl halides is 6. The van der Waals surface area contributed by atoms with Crippen molar-refractivity contribution in [2.75, 3.05) is 26.1 Å². The number of anilines is 1. The molecule has 16 heteroatoms. The fourth-order valence-electron chi connectivity index (χ4n) is 4.39. The van der Waals surface area contributed by atoms with Crippen LogP contribution < -0.4 is 24.3 Å². The average Bonchev–Trinajstić information content (AvgIpc) is 3.44. The molecule has 1 amide bonds. The number of hydrogen-bond donors (Lipinski definition) is 1. The number of nitrogens with one attached hydrogen (secondary N) is 1. The number of ether oxygens (including phenoxy) is 4. The zero-order chi connectivity index (χ0) is 33.2. The van der Waals surface area contributed by atoms with E-state index < -0.39 is 40.8 Å². The summed E-state index contributed by atoms with van der Waals surface area (Å²) in [6.07, 6.45) is -6.33. The Bertz CT molecular complexity index is 1890. The number of aromatic nitrogens is 4. The minimum Gasteiger partial charge on any atom is -0.493 e. The third-order valence-electron chi connectivity index (χ3n) is 6.48. The topological polar surface area (TPSA) is 110 Å². The zero-order valence-corrected chi connectivity index (χ0v) is 24.2. The van der Waals surface area contributed by atoms with Crippen molar-refractivity contribution in [2.24, 2.45) is 0 Å². The van der Waals surface area contributed by atoms with Gasteiger partial charge >= 0.3 is 12.4 Å². The minimum absolute atomic E-state index is 0.0116. The highest BCUT2D eigenvalue weighted by Gasteiger charge is 2.39. The SMILES string of the molecule is CCOc1cn(-c2ccc(C(F)(F)F)cc2C(F)(F)F)nc1C(=O)Nc1ccc(Oc2ccnc3cc(OC)c(OC)cc23)cn1. The lowest BCUT2D eigenvalue weighted by atomic mass is 10.1. The van der Waals surface area contributed by atoms with Crippen molar-refractivity contribution >= 4 is 22.6 Å². The molecule has 0 saturated carbocycles. The van der Waals surface area contributed by atoms with Gasteiger partial charge in [0.15, 0.2) is 22.9 Å². The Labute approximate surface area is 256 Å². The van der Waals surface area contributed by atoms with E-state index >= 15 is 0 Å². The van der Waals surface area contributed by atoms with Gasteiger partial charge in [-0.05, 0) is 49.4 Å². The summed E-state index contributed by atoms with van der Waals surface area (Å²) in [5.74, 6) is 0.602. The van der Waals surface area contributed by atoms with Crippen molar-refractivity contribution in [2.45, 2.75) is 19.3 Å². The van der Waals surface area contributed by atoms with Crippen LogP contribution in [-0.4, -0.2) is 46.5 Å². The fraction of sp³-hybridized carbons (Fsp3) is 0.200. The number of nitrogens with zero attached hydrogens (tertiary/aromatic N) is 4. The maximum Gasteiger partial charge on any atom is 0.418 e. The molecule has 1 N–H and O–H groups in total. The molecule has 0 unspecified atom stereocenters. The van der Waals surface area contributed by atoms with Crippen LogP contribution in [-0.2, 0) is 12.4 Å². The first-order valence-electron chi connectivity index (χ1n) is 13.3. The molecular weight excluding hydrogens is 624 g/mol. The Balaban J connectivity index is 1.39. The van der Waals surface area contributed by atoms with Crippen molar-refractivity contribution in [1.29, 1.82) is 0 Å². The molecule has 0 saturated heterocycles. The summed E-state index contributed by atoms with van der Waals surface area (Å²) in [5, 5.41) is 7.01. The maximum absolute atomic E-state index is 13.8. The number of carbonyl (C=O) groups is 1. The van der Waals surface area contributed by atoms with E-state index in [-0.39, 0.29) is 24.2 Å². The molecule has 3 heterocycles. The van der Waals surface area contributed by atoms with E-state index in [0.717, 1.165) is 6.20 Å². The number of fused-ring (bicyclic) bond motifs is 1. The van der Waals surface area contributed by atoms with E-state index in [1.54, 1.807) is 31.3 Å². The van der Waals surface area contributed by atoms with Gasteiger partial charge in [0.2, 0.25) is 0 Å². The molecule has 0 aliphatic carbocycles. The molecule has 0 radical (unpaired) electrons. The second kappa shape index (κ2) is 12.5. The van der Waals surface area contributed by atoms with Crippen LogP contribution in [0.15, 0.2) is 67.1 Å². The van der Waals surface area contributed by atoms with Crippen molar-refractivity contribution < 1.29 is 50.1 Å². The molecule has 0 spiro atoms. The van der Waals surface area contributed by atoms with Gasteiger partial charge in [-0.2, -0.15) is 31.4 Å². The van der Waals surface area contributed by atoms with Crippen LogP contribution in [0.1, 0.15) is 28.5 Å². The summed E-state index contributed by atoms with van der Waals surface area (Å²) in [5.41, 5.74) is -3.68. The van der Waals surface area contributed by atoms with Gasteiger partial charge in [-0.3, -0.25) is 9.78 Å². The lowest BCUT2D eigenvalue weighted by Crippen LogP contribution is -2.17. The number of benzene rings is 2. The van der Waals surface area contributed by atoms with Gasteiger partial charge in [0, 0.05) is 17.6 Å². The normalized spacial score (nSPS) is 11.8. The zero-order valence-electron chi connectivity index (χ0n) is 24.2.